The van der Waals surface area contributed by atoms with Gasteiger partial charge in [0, 0.05) is 13.6 Å². The van der Waals surface area contributed by atoms with E-state index in [1.165, 1.54) is 42.3 Å². The highest BCUT2D eigenvalue weighted by Gasteiger charge is 2.33. The second kappa shape index (κ2) is 12.4. The van der Waals surface area contributed by atoms with Crippen LogP contribution in [0.25, 0.3) is 0 Å². The minimum absolute atomic E-state index is 0.0115. The third-order valence-corrected chi connectivity index (χ3v) is 8.40. The second-order valence-electron chi connectivity index (χ2n) is 8.47. The molecule has 37 heavy (non-hydrogen) atoms. The number of carbonyl (C=O) groups is 2. The van der Waals surface area contributed by atoms with Crippen LogP contribution < -0.4 is 9.62 Å². The Morgan fingerprint density at radius 2 is 1.65 bits per heavy atom. The fraction of sp³-hybridized carbons (Fsp3) is 0.259. The highest BCUT2D eigenvalue weighted by atomic mass is 35.5. The molecule has 0 aromatic heterocycles. The maximum absolute atomic E-state index is 13.8. The summed E-state index contributed by atoms with van der Waals surface area (Å²) in [6, 6.07) is 19.0. The smallest absolute Gasteiger partial charge is 0.264 e. The molecule has 0 heterocycles. The highest BCUT2D eigenvalue weighted by Crippen LogP contribution is 2.31. The average molecular weight is 563 g/mol. The van der Waals surface area contributed by atoms with E-state index in [0.29, 0.717) is 6.42 Å². The van der Waals surface area contributed by atoms with E-state index in [0.717, 1.165) is 15.4 Å². The van der Waals surface area contributed by atoms with Gasteiger partial charge in [0.2, 0.25) is 11.8 Å². The summed E-state index contributed by atoms with van der Waals surface area (Å²) in [4.78, 5) is 28.0. The second-order valence-corrected chi connectivity index (χ2v) is 11.1. The van der Waals surface area contributed by atoms with Gasteiger partial charge in [0.15, 0.2) is 0 Å². The summed E-state index contributed by atoms with van der Waals surface area (Å²) < 4.78 is 28.4. The molecule has 10 heteroatoms. The molecule has 0 fully saturated rings. The maximum Gasteiger partial charge on any atom is 0.264 e. The summed E-state index contributed by atoms with van der Waals surface area (Å²) >= 11 is 12.3. The number of rotatable bonds is 10. The van der Waals surface area contributed by atoms with Crippen LogP contribution in [-0.4, -0.2) is 44.8 Å². The molecule has 196 valence electrons. The summed E-state index contributed by atoms with van der Waals surface area (Å²) in [5.41, 5.74) is 2.00. The first-order valence-corrected chi connectivity index (χ1v) is 13.9. The Hall–Kier alpha value is -3.07. The van der Waals surface area contributed by atoms with Gasteiger partial charge in [-0.1, -0.05) is 78.2 Å². The monoisotopic (exact) mass is 561 g/mol. The van der Waals surface area contributed by atoms with Gasteiger partial charge in [-0.25, -0.2) is 8.42 Å². The van der Waals surface area contributed by atoms with Crippen molar-refractivity contribution in [3.8, 4) is 0 Å². The number of carbonyl (C=O) groups excluding carboxylic acids is 2. The van der Waals surface area contributed by atoms with Gasteiger partial charge in [-0.05, 0) is 49.2 Å². The van der Waals surface area contributed by atoms with Crippen LogP contribution in [0, 0.1) is 6.92 Å². The van der Waals surface area contributed by atoms with Crippen molar-refractivity contribution in [1.29, 1.82) is 0 Å². The lowest BCUT2D eigenvalue weighted by atomic mass is 10.1. The minimum Gasteiger partial charge on any atom is -0.357 e. The van der Waals surface area contributed by atoms with Crippen LogP contribution in [0.2, 0.25) is 10.0 Å². The van der Waals surface area contributed by atoms with E-state index in [4.69, 9.17) is 23.2 Å². The van der Waals surface area contributed by atoms with Crippen LogP contribution in [0.4, 0.5) is 5.69 Å². The van der Waals surface area contributed by atoms with Crippen LogP contribution in [0.3, 0.4) is 0 Å². The number of likely N-dealkylation sites (N-methyl/N-ethyl adjacent to an activating group) is 1. The lowest BCUT2D eigenvalue weighted by Crippen LogP contribution is -2.51. The van der Waals surface area contributed by atoms with Gasteiger partial charge in [-0.2, -0.15) is 0 Å². The fourth-order valence-electron chi connectivity index (χ4n) is 3.98. The fourth-order valence-corrected chi connectivity index (χ4v) is 5.70. The van der Waals surface area contributed by atoms with Gasteiger partial charge in [0.25, 0.3) is 10.0 Å². The van der Waals surface area contributed by atoms with Crippen molar-refractivity contribution >= 4 is 50.7 Å². The van der Waals surface area contributed by atoms with Gasteiger partial charge < -0.3 is 10.2 Å². The van der Waals surface area contributed by atoms with Gasteiger partial charge in [-0.3, -0.25) is 13.9 Å². The van der Waals surface area contributed by atoms with Crippen molar-refractivity contribution in [2.45, 2.75) is 37.8 Å². The van der Waals surface area contributed by atoms with E-state index < -0.39 is 28.5 Å². The normalized spacial score (nSPS) is 12.0. The molecular formula is C27H29Cl2N3O4S. The average Bonchev–Trinajstić information content (AvgIpc) is 2.89. The molecule has 3 rings (SSSR count). The zero-order valence-electron chi connectivity index (χ0n) is 20.8. The number of hydrogen-bond acceptors (Lipinski definition) is 4. The Morgan fingerprint density at radius 3 is 2.24 bits per heavy atom. The van der Waals surface area contributed by atoms with E-state index in [-0.39, 0.29) is 33.1 Å². The molecular weight excluding hydrogens is 533 g/mol. The maximum atomic E-state index is 13.8. The zero-order chi connectivity index (χ0) is 27.2. The first-order valence-electron chi connectivity index (χ1n) is 11.7. The summed E-state index contributed by atoms with van der Waals surface area (Å²) in [6.45, 7) is 3.32. The van der Waals surface area contributed by atoms with E-state index >= 15 is 0 Å². The van der Waals surface area contributed by atoms with Crippen molar-refractivity contribution in [2.24, 2.45) is 0 Å². The SMILES string of the molecule is CC[C@@H](C(=O)NC)N(Cc1cccc(C)c1)C(=O)CN(c1ccc(Cl)c(Cl)c1)S(=O)(=O)c1ccccc1. The van der Waals surface area contributed by atoms with Gasteiger partial charge in [0.1, 0.15) is 12.6 Å². The number of hydrogen-bond donors (Lipinski definition) is 1. The molecule has 0 aliphatic rings. The van der Waals surface area contributed by atoms with Gasteiger partial charge >= 0.3 is 0 Å². The molecule has 1 atom stereocenters. The number of amides is 2. The zero-order valence-corrected chi connectivity index (χ0v) is 23.1. The standard InChI is InChI=1S/C27H29Cl2N3O4S/c1-4-25(27(34)30-3)31(17-20-10-8-9-19(2)15-20)26(33)18-32(21-13-14-23(28)24(29)16-21)37(35,36)22-11-6-5-7-12-22/h5-16,25H,4,17-18H2,1-3H3,(H,30,34)/t25-/m0/s1. The summed E-state index contributed by atoms with van der Waals surface area (Å²) in [5, 5.41) is 3.00. The molecule has 2 amide bonds. The van der Waals surface area contributed by atoms with Crippen LogP contribution >= 0.6 is 23.2 Å². The predicted octanol–water partition coefficient (Wildman–Crippen LogP) is 5.05. The quantitative estimate of drug-likeness (QED) is 0.375. The van der Waals surface area contributed by atoms with Crippen molar-refractivity contribution < 1.29 is 18.0 Å². The highest BCUT2D eigenvalue weighted by molar-refractivity contribution is 7.92. The van der Waals surface area contributed by atoms with Crippen LogP contribution in [0.5, 0.6) is 0 Å². The molecule has 7 nitrogen and oxygen atoms in total. The summed E-state index contributed by atoms with van der Waals surface area (Å²) in [5.74, 6) is -0.877. The van der Waals surface area contributed by atoms with Gasteiger partial charge in [0.05, 0.1) is 20.6 Å². The third kappa shape index (κ3) is 6.83. The molecule has 3 aromatic carbocycles. The predicted molar refractivity (Wildman–Crippen MR) is 147 cm³/mol. The molecule has 0 bridgehead atoms. The molecule has 0 saturated carbocycles. The lowest BCUT2D eigenvalue weighted by Gasteiger charge is -2.33. The third-order valence-electron chi connectivity index (χ3n) is 5.87. The molecule has 0 aliphatic carbocycles. The van der Waals surface area contributed by atoms with Crippen molar-refractivity contribution in [3.63, 3.8) is 0 Å². The van der Waals surface area contributed by atoms with Crippen molar-refractivity contribution in [1.82, 2.24) is 10.2 Å². The Morgan fingerprint density at radius 1 is 0.946 bits per heavy atom. The topological polar surface area (TPSA) is 86.8 Å². The number of aryl methyl sites for hydroxylation is 1. The Bertz CT molecular complexity index is 1370. The number of nitrogens with zero attached hydrogens (tertiary/aromatic N) is 2. The van der Waals surface area contributed by atoms with Crippen molar-refractivity contribution in [3.05, 3.63) is 94.0 Å². The lowest BCUT2D eigenvalue weighted by molar-refractivity contribution is -0.140. The molecule has 0 aliphatic heterocycles. The van der Waals surface area contributed by atoms with Gasteiger partial charge in [-0.15, -0.1) is 0 Å². The van der Waals surface area contributed by atoms with Crippen LogP contribution in [-0.2, 0) is 26.2 Å². The molecule has 1 N–H and O–H groups in total. The Labute approximate surface area is 228 Å². The first-order chi connectivity index (χ1) is 17.6. The molecule has 0 saturated heterocycles. The first kappa shape index (κ1) is 28.5. The molecule has 0 spiro atoms. The number of nitrogens with one attached hydrogen (secondary N) is 1. The number of benzene rings is 3. The van der Waals surface area contributed by atoms with E-state index in [1.807, 2.05) is 31.2 Å². The summed E-state index contributed by atoms with van der Waals surface area (Å²) in [7, 11) is -2.66. The molecule has 0 radical (unpaired) electrons. The molecule has 3 aromatic rings. The number of sulfonamides is 1. The Balaban J connectivity index is 2.07. The van der Waals surface area contributed by atoms with Crippen LogP contribution in [0.15, 0.2) is 77.7 Å². The van der Waals surface area contributed by atoms with Crippen LogP contribution in [0.1, 0.15) is 24.5 Å². The minimum atomic E-state index is -4.17. The molecule has 0 unspecified atom stereocenters. The largest absolute Gasteiger partial charge is 0.357 e. The number of halogens is 2. The number of anilines is 1. The van der Waals surface area contributed by atoms with E-state index in [9.17, 15) is 18.0 Å². The Kier molecular flexibility index (Phi) is 9.59. The summed E-state index contributed by atoms with van der Waals surface area (Å²) in [6.07, 6.45) is 0.343. The van der Waals surface area contributed by atoms with E-state index in [2.05, 4.69) is 5.32 Å². The van der Waals surface area contributed by atoms with Crippen molar-refractivity contribution in [2.75, 3.05) is 17.9 Å². The van der Waals surface area contributed by atoms with E-state index in [1.54, 1.807) is 25.1 Å².